The molecule has 0 aliphatic heterocycles. The van der Waals surface area contributed by atoms with Gasteiger partial charge in [-0.2, -0.15) is 8.78 Å². The van der Waals surface area contributed by atoms with Crippen molar-refractivity contribution in [2.75, 3.05) is 7.11 Å². The summed E-state index contributed by atoms with van der Waals surface area (Å²) in [7, 11) is 1.35. The van der Waals surface area contributed by atoms with Gasteiger partial charge in [0.1, 0.15) is 0 Å². The standard InChI is InChI=1S/C17H13ClF2O3/c1-22-16-9-11(6-8-15(16)23-17(19)20)5-7-14(21)12-3-2-4-13(18)10-12/h2-10,17H,1H3. The van der Waals surface area contributed by atoms with E-state index in [4.69, 9.17) is 16.3 Å². The Balaban J connectivity index is 2.17. The van der Waals surface area contributed by atoms with Crippen LogP contribution >= 0.6 is 11.6 Å². The number of hydrogen-bond acceptors (Lipinski definition) is 3. The van der Waals surface area contributed by atoms with E-state index >= 15 is 0 Å². The first-order chi connectivity index (χ1) is 11.0. The summed E-state index contributed by atoms with van der Waals surface area (Å²) in [6, 6.07) is 11.0. The van der Waals surface area contributed by atoms with Crippen molar-refractivity contribution < 1.29 is 23.0 Å². The number of rotatable bonds is 6. The van der Waals surface area contributed by atoms with Crippen molar-refractivity contribution in [3.8, 4) is 11.5 Å². The molecule has 0 amide bonds. The van der Waals surface area contributed by atoms with Crippen LogP contribution in [0.2, 0.25) is 5.02 Å². The Bertz CT molecular complexity index is 730. The van der Waals surface area contributed by atoms with Crippen LogP contribution in [0, 0.1) is 0 Å². The summed E-state index contributed by atoms with van der Waals surface area (Å²) in [5.74, 6) is -0.136. The van der Waals surface area contributed by atoms with Crippen LogP contribution in [0.5, 0.6) is 11.5 Å². The molecule has 120 valence electrons. The number of ketones is 1. The number of alkyl halides is 2. The number of allylic oxidation sites excluding steroid dienone is 1. The van der Waals surface area contributed by atoms with E-state index in [9.17, 15) is 13.6 Å². The molecule has 0 saturated carbocycles. The van der Waals surface area contributed by atoms with Crippen LogP contribution in [0.3, 0.4) is 0 Å². The molecule has 0 bridgehead atoms. The van der Waals surface area contributed by atoms with Crippen molar-refractivity contribution in [1.29, 1.82) is 0 Å². The number of carbonyl (C=O) groups excluding carboxylic acids is 1. The number of methoxy groups -OCH3 is 1. The van der Waals surface area contributed by atoms with Crippen LogP contribution in [0.25, 0.3) is 6.08 Å². The third kappa shape index (κ3) is 4.79. The summed E-state index contributed by atoms with van der Waals surface area (Å²) in [5, 5.41) is 0.472. The van der Waals surface area contributed by atoms with Crippen molar-refractivity contribution in [3.05, 3.63) is 64.7 Å². The third-order valence-corrected chi connectivity index (χ3v) is 3.18. The first-order valence-electron chi connectivity index (χ1n) is 6.60. The van der Waals surface area contributed by atoms with E-state index in [1.165, 1.54) is 25.3 Å². The molecule has 0 radical (unpaired) electrons. The lowest BCUT2D eigenvalue weighted by Gasteiger charge is -2.10. The van der Waals surface area contributed by atoms with Gasteiger partial charge < -0.3 is 9.47 Å². The highest BCUT2D eigenvalue weighted by atomic mass is 35.5. The summed E-state index contributed by atoms with van der Waals surface area (Å²) in [4.78, 5) is 12.0. The molecule has 0 aromatic heterocycles. The summed E-state index contributed by atoms with van der Waals surface area (Å²) in [5.41, 5.74) is 1.07. The quantitative estimate of drug-likeness (QED) is 0.558. The first kappa shape index (κ1) is 17.0. The lowest BCUT2D eigenvalue weighted by Crippen LogP contribution is -2.03. The van der Waals surface area contributed by atoms with Gasteiger partial charge in [0, 0.05) is 10.6 Å². The van der Waals surface area contributed by atoms with Gasteiger partial charge in [0.25, 0.3) is 0 Å². The molecule has 0 heterocycles. The second-order valence-corrected chi connectivity index (χ2v) is 4.93. The first-order valence-corrected chi connectivity index (χ1v) is 6.98. The van der Waals surface area contributed by atoms with Crippen LogP contribution in [0.1, 0.15) is 15.9 Å². The minimum atomic E-state index is -2.94. The maximum Gasteiger partial charge on any atom is 0.387 e. The predicted octanol–water partition coefficient (Wildman–Crippen LogP) is 4.85. The van der Waals surface area contributed by atoms with Gasteiger partial charge in [0.05, 0.1) is 7.11 Å². The summed E-state index contributed by atoms with van der Waals surface area (Å²) in [6.45, 7) is -2.94. The summed E-state index contributed by atoms with van der Waals surface area (Å²) >= 11 is 5.84. The molecule has 0 N–H and O–H groups in total. The van der Waals surface area contributed by atoms with E-state index in [1.807, 2.05) is 0 Å². The number of carbonyl (C=O) groups is 1. The Hall–Kier alpha value is -2.40. The minimum absolute atomic E-state index is 0.0687. The van der Waals surface area contributed by atoms with Gasteiger partial charge in [-0.15, -0.1) is 0 Å². The summed E-state index contributed by atoms with van der Waals surface area (Å²) < 4.78 is 33.9. The van der Waals surface area contributed by atoms with Gasteiger partial charge in [-0.3, -0.25) is 4.79 Å². The molecule has 0 atom stereocenters. The van der Waals surface area contributed by atoms with Crippen LogP contribution in [-0.2, 0) is 0 Å². The highest BCUT2D eigenvalue weighted by Gasteiger charge is 2.10. The normalized spacial score (nSPS) is 11.0. The molecule has 0 unspecified atom stereocenters. The average Bonchev–Trinajstić information content (AvgIpc) is 2.53. The fourth-order valence-corrected chi connectivity index (χ4v) is 2.08. The maximum atomic E-state index is 12.3. The molecular weight excluding hydrogens is 326 g/mol. The zero-order chi connectivity index (χ0) is 16.8. The lowest BCUT2D eigenvalue weighted by atomic mass is 10.1. The van der Waals surface area contributed by atoms with Crippen LogP contribution in [0.15, 0.2) is 48.5 Å². The lowest BCUT2D eigenvalue weighted by molar-refractivity contribution is -0.0512. The molecule has 0 spiro atoms. The molecule has 2 rings (SSSR count). The monoisotopic (exact) mass is 338 g/mol. The van der Waals surface area contributed by atoms with Gasteiger partial charge in [0.15, 0.2) is 17.3 Å². The number of hydrogen-bond donors (Lipinski definition) is 0. The number of halogens is 3. The van der Waals surface area contributed by atoms with E-state index < -0.39 is 6.61 Å². The predicted molar refractivity (Wildman–Crippen MR) is 84.4 cm³/mol. The van der Waals surface area contributed by atoms with Crippen molar-refractivity contribution >= 4 is 23.5 Å². The SMILES string of the molecule is COc1cc(C=CC(=O)c2cccc(Cl)c2)ccc1OC(F)F. The zero-order valence-electron chi connectivity index (χ0n) is 12.1. The Labute approximate surface area is 137 Å². The molecule has 0 aliphatic rings. The topological polar surface area (TPSA) is 35.5 Å². The largest absolute Gasteiger partial charge is 0.493 e. The second-order valence-electron chi connectivity index (χ2n) is 4.50. The molecule has 2 aromatic rings. The average molecular weight is 339 g/mol. The van der Waals surface area contributed by atoms with Gasteiger partial charge in [0.2, 0.25) is 0 Å². The molecule has 6 heteroatoms. The number of benzene rings is 2. The minimum Gasteiger partial charge on any atom is -0.493 e. The smallest absolute Gasteiger partial charge is 0.387 e. The fourth-order valence-electron chi connectivity index (χ4n) is 1.89. The molecule has 0 fully saturated rings. The van der Waals surface area contributed by atoms with E-state index in [-0.39, 0.29) is 17.3 Å². The fraction of sp³-hybridized carbons (Fsp3) is 0.118. The van der Waals surface area contributed by atoms with Gasteiger partial charge in [-0.05, 0) is 35.9 Å². The summed E-state index contributed by atoms with van der Waals surface area (Å²) in [6.07, 6.45) is 2.92. The van der Waals surface area contributed by atoms with Crippen LogP contribution in [-0.4, -0.2) is 19.5 Å². The van der Waals surface area contributed by atoms with Gasteiger partial charge in [-0.25, -0.2) is 0 Å². The van der Waals surface area contributed by atoms with Crippen LogP contribution in [0.4, 0.5) is 8.78 Å². The van der Waals surface area contributed by atoms with Crippen molar-refractivity contribution in [2.45, 2.75) is 6.61 Å². The van der Waals surface area contributed by atoms with Crippen molar-refractivity contribution in [1.82, 2.24) is 0 Å². The molecule has 23 heavy (non-hydrogen) atoms. The number of ether oxygens (including phenoxy) is 2. The van der Waals surface area contributed by atoms with Crippen molar-refractivity contribution in [2.24, 2.45) is 0 Å². The van der Waals surface area contributed by atoms with E-state index in [2.05, 4.69) is 4.74 Å². The zero-order valence-corrected chi connectivity index (χ0v) is 12.9. The van der Waals surface area contributed by atoms with Gasteiger partial charge >= 0.3 is 6.61 Å². The Morgan fingerprint density at radius 2 is 1.96 bits per heavy atom. The second kappa shape index (κ2) is 7.74. The molecule has 0 aliphatic carbocycles. The highest BCUT2D eigenvalue weighted by Crippen LogP contribution is 2.29. The third-order valence-electron chi connectivity index (χ3n) is 2.94. The molecule has 0 saturated heterocycles. The molecular formula is C17H13ClF2O3. The van der Waals surface area contributed by atoms with Crippen LogP contribution < -0.4 is 9.47 Å². The van der Waals surface area contributed by atoms with Crippen molar-refractivity contribution in [3.63, 3.8) is 0 Å². The Kier molecular flexibility index (Phi) is 5.71. The highest BCUT2D eigenvalue weighted by molar-refractivity contribution is 6.31. The van der Waals surface area contributed by atoms with E-state index in [0.29, 0.717) is 16.1 Å². The maximum absolute atomic E-state index is 12.3. The van der Waals surface area contributed by atoms with E-state index in [1.54, 1.807) is 36.4 Å². The van der Waals surface area contributed by atoms with Gasteiger partial charge in [-0.1, -0.05) is 35.9 Å². The molecule has 2 aromatic carbocycles. The Morgan fingerprint density at radius 1 is 1.17 bits per heavy atom. The molecule has 3 nitrogen and oxygen atoms in total. The Morgan fingerprint density at radius 3 is 2.61 bits per heavy atom. The van der Waals surface area contributed by atoms with E-state index in [0.717, 1.165) is 0 Å².